The molecule has 0 saturated heterocycles. The molecule has 5 aromatic heterocycles. The van der Waals surface area contributed by atoms with Crippen LogP contribution in [0.3, 0.4) is 0 Å². The fourth-order valence-electron chi connectivity index (χ4n) is 7.45. The Hall–Kier alpha value is -6.02. The summed E-state index contributed by atoms with van der Waals surface area (Å²) in [6, 6.07) is 44.9. The van der Waals surface area contributed by atoms with Gasteiger partial charge in [0.05, 0.1) is 41.9 Å². The van der Waals surface area contributed by atoms with Crippen molar-refractivity contribution in [2.45, 2.75) is 0 Å². The third kappa shape index (κ3) is 3.85. The van der Waals surface area contributed by atoms with Gasteiger partial charge in [-0.1, -0.05) is 109 Å². The van der Waals surface area contributed by atoms with Crippen LogP contribution in [0.1, 0.15) is 0 Å². The Morgan fingerprint density at radius 1 is 0.510 bits per heavy atom. The second-order valence-electron chi connectivity index (χ2n) is 12.3. The third-order valence-corrected chi connectivity index (χ3v) is 12.0. The molecule has 228 valence electrons. The van der Waals surface area contributed by atoms with Crippen molar-refractivity contribution in [1.82, 2.24) is 24.5 Å². The van der Waals surface area contributed by atoms with Crippen molar-refractivity contribution in [3.05, 3.63) is 140 Å². The Morgan fingerprint density at radius 3 is 2.06 bits per heavy atom. The Labute approximate surface area is 287 Å². The van der Waals surface area contributed by atoms with Crippen LogP contribution >= 0.6 is 22.7 Å². The maximum absolute atomic E-state index is 5.45. The first-order chi connectivity index (χ1) is 24.3. The lowest BCUT2D eigenvalue weighted by Gasteiger charge is -2.13. The van der Waals surface area contributed by atoms with E-state index in [1.165, 1.54) is 46.8 Å². The number of hydrogen-bond acceptors (Lipinski definition) is 6. The molecule has 6 aromatic carbocycles. The zero-order valence-electron chi connectivity index (χ0n) is 25.8. The Bertz CT molecular complexity index is 3100. The van der Waals surface area contributed by atoms with Gasteiger partial charge in [0.2, 0.25) is 5.95 Å². The molecule has 0 spiro atoms. The van der Waals surface area contributed by atoms with Crippen LogP contribution < -0.4 is 0 Å². The van der Waals surface area contributed by atoms with E-state index in [1.54, 1.807) is 17.7 Å². The van der Waals surface area contributed by atoms with Crippen LogP contribution in [-0.4, -0.2) is 24.5 Å². The molecule has 0 radical (unpaired) electrons. The molecular formula is C42H23N5S2. The van der Waals surface area contributed by atoms with Crippen LogP contribution in [0.5, 0.6) is 0 Å². The molecule has 0 aliphatic heterocycles. The van der Waals surface area contributed by atoms with Crippen molar-refractivity contribution < 1.29 is 0 Å². The van der Waals surface area contributed by atoms with Crippen molar-refractivity contribution in [2.24, 2.45) is 0 Å². The monoisotopic (exact) mass is 661 g/mol. The van der Waals surface area contributed by atoms with Gasteiger partial charge in [-0.3, -0.25) is 4.57 Å². The average molecular weight is 662 g/mol. The molecule has 0 fully saturated rings. The van der Waals surface area contributed by atoms with Crippen LogP contribution in [0, 0.1) is 0 Å². The van der Waals surface area contributed by atoms with Gasteiger partial charge in [-0.2, -0.15) is 0 Å². The zero-order chi connectivity index (χ0) is 32.1. The predicted molar refractivity (Wildman–Crippen MR) is 206 cm³/mol. The molecule has 5 nitrogen and oxygen atoms in total. The standard InChI is InChI=1S/C42H23N5S2/c1-2-10-24(11-3-1)25-18-20-26(21-19-25)37-27-12-4-7-15-30(27)45-42(46-37)47-31-16-8-5-13-28(31)34-36-38-33(22-43-23-44-38)49-41(36)40-35(39(34)47)29-14-6-9-17-32(29)48-40/h1-23H. The second kappa shape index (κ2) is 10.2. The minimum Gasteiger partial charge on any atom is -0.277 e. The molecule has 0 aliphatic carbocycles. The molecule has 11 rings (SSSR count). The van der Waals surface area contributed by atoms with Crippen LogP contribution in [0.25, 0.3) is 102 Å². The Balaban J connectivity index is 1.29. The van der Waals surface area contributed by atoms with Gasteiger partial charge in [-0.15, -0.1) is 22.7 Å². The topological polar surface area (TPSA) is 56.5 Å². The number of hydrogen-bond donors (Lipinski definition) is 0. The van der Waals surface area contributed by atoms with Crippen molar-refractivity contribution in [3.8, 4) is 28.3 Å². The normalized spacial score (nSPS) is 12.1. The summed E-state index contributed by atoms with van der Waals surface area (Å²) in [4.78, 5) is 20.0. The van der Waals surface area contributed by atoms with Crippen LogP contribution in [0.15, 0.2) is 140 Å². The van der Waals surface area contributed by atoms with Gasteiger partial charge < -0.3 is 0 Å². The van der Waals surface area contributed by atoms with E-state index in [2.05, 4.69) is 131 Å². The van der Waals surface area contributed by atoms with E-state index in [4.69, 9.17) is 15.0 Å². The van der Waals surface area contributed by atoms with E-state index in [-0.39, 0.29) is 0 Å². The first-order valence-electron chi connectivity index (χ1n) is 16.1. The van der Waals surface area contributed by atoms with Crippen LogP contribution in [0.2, 0.25) is 0 Å². The number of rotatable bonds is 3. The molecule has 7 heteroatoms. The largest absolute Gasteiger partial charge is 0.277 e. The number of aromatic nitrogens is 5. The molecule has 0 bridgehead atoms. The predicted octanol–water partition coefficient (Wildman–Crippen LogP) is 11.6. The summed E-state index contributed by atoms with van der Waals surface area (Å²) in [7, 11) is 0. The highest BCUT2D eigenvalue weighted by Crippen LogP contribution is 2.51. The summed E-state index contributed by atoms with van der Waals surface area (Å²) in [5.74, 6) is 0.650. The first kappa shape index (κ1) is 27.0. The summed E-state index contributed by atoms with van der Waals surface area (Å²) in [5, 5.41) is 6.99. The molecule has 5 heterocycles. The lowest BCUT2D eigenvalue weighted by molar-refractivity contribution is 1.02. The fraction of sp³-hybridized carbons (Fsp3) is 0. The maximum atomic E-state index is 5.45. The number of thiophene rings is 2. The van der Waals surface area contributed by atoms with Crippen LogP contribution in [-0.2, 0) is 0 Å². The summed E-state index contributed by atoms with van der Waals surface area (Å²) in [6.45, 7) is 0. The molecule has 0 unspecified atom stereocenters. The van der Waals surface area contributed by atoms with Gasteiger partial charge in [0, 0.05) is 48.8 Å². The molecule has 0 saturated carbocycles. The van der Waals surface area contributed by atoms with E-state index in [1.807, 2.05) is 23.6 Å². The minimum atomic E-state index is 0.650. The summed E-state index contributed by atoms with van der Waals surface area (Å²) in [5.41, 5.74) is 8.39. The molecule has 0 N–H and O–H groups in total. The smallest absolute Gasteiger partial charge is 0.235 e. The van der Waals surface area contributed by atoms with Gasteiger partial charge in [-0.05, 0) is 29.3 Å². The van der Waals surface area contributed by atoms with Crippen molar-refractivity contribution in [3.63, 3.8) is 0 Å². The van der Waals surface area contributed by atoms with Gasteiger partial charge in [-0.25, -0.2) is 19.9 Å². The molecule has 0 aliphatic rings. The number of benzene rings is 6. The van der Waals surface area contributed by atoms with E-state index in [0.29, 0.717) is 5.95 Å². The highest BCUT2D eigenvalue weighted by molar-refractivity contribution is 7.33. The number of nitrogens with zero attached hydrogens (tertiary/aromatic N) is 5. The van der Waals surface area contributed by atoms with Gasteiger partial charge in [0.25, 0.3) is 0 Å². The van der Waals surface area contributed by atoms with E-state index < -0.39 is 0 Å². The molecule has 0 atom stereocenters. The maximum Gasteiger partial charge on any atom is 0.235 e. The molecular weight excluding hydrogens is 639 g/mol. The van der Waals surface area contributed by atoms with Crippen molar-refractivity contribution >= 4 is 95.9 Å². The zero-order valence-corrected chi connectivity index (χ0v) is 27.5. The quantitative estimate of drug-likeness (QED) is 0.189. The van der Waals surface area contributed by atoms with Gasteiger partial charge in [0.1, 0.15) is 6.33 Å². The van der Waals surface area contributed by atoms with E-state index in [0.717, 1.165) is 48.8 Å². The highest BCUT2D eigenvalue weighted by atomic mass is 32.1. The van der Waals surface area contributed by atoms with Crippen LogP contribution in [0.4, 0.5) is 0 Å². The Morgan fingerprint density at radius 2 is 1.18 bits per heavy atom. The first-order valence-corrected chi connectivity index (χ1v) is 17.8. The highest BCUT2D eigenvalue weighted by Gasteiger charge is 2.26. The summed E-state index contributed by atoms with van der Waals surface area (Å²) < 4.78 is 7.15. The van der Waals surface area contributed by atoms with Crippen molar-refractivity contribution in [2.75, 3.05) is 0 Å². The molecule has 49 heavy (non-hydrogen) atoms. The van der Waals surface area contributed by atoms with Gasteiger partial charge in [0.15, 0.2) is 0 Å². The third-order valence-electron chi connectivity index (χ3n) is 9.57. The molecule has 11 aromatic rings. The SMILES string of the molecule is c1ccc(-c2ccc(-c3nc(-n4c5ccccc5c5c6c7ncncc7sc6c6sc7ccccc7c6c54)nc4ccccc34)cc2)cc1. The lowest BCUT2D eigenvalue weighted by Crippen LogP contribution is -2.03. The number of para-hydroxylation sites is 2. The average Bonchev–Trinajstić information content (AvgIpc) is 3.85. The summed E-state index contributed by atoms with van der Waals surface area (Å²) in [6.07, 6.45) is 3.61. The van der Waals surface area contributed by atoms with E-state index >= 15 is 0 Å². The van der Waals surface area contributed by atoms with E-state index in [9.17, 15) is 0 Å². The number of fused-ring (bicyclic) bond motifs is 13. The second-order valence-corrected chi connectivity index (χ2v) is 14.4. The van der Waals surface area contributed by atoms with Crippen molar-refractivity contribution in [1.29, 1.82) is 0 Å². The summed E-state index contributed by atoms with van der Waals surface area (Å²) >= 11 is 3.63. The fourth-order valence-corrected chi connectivity index (χ4v) is 9.93. The Kier molecular flexibility index (Phi) is 5.64. The van der Waals surface area contributed by atoms with Gasteiger partial charge >= 0.3 is 0 Å². The lowest BCUT2D eigenvalue weighted by atomic mass is 10.0. The molecule has 0 amide bonds. The minimum absolute atomic E-state index is 0.650.